The fourth-order valence-corrected chi connectivity index (χ4v) is 5.05. The number of sulfonamides is 1. The van der Waals surface area contributed by atoms with Crippen LogP contribution in [0.1, 0.15) is 23.6 Å². The van der Waals surface area contributed by atoms with Gasteiger partial charge in [0.2, 0.25) is 5.91 Å². The number of rotatable bonds is 9. The predicted octanol–water partition coefficient (Wildman–Crippen LogP) is 4.87. The standard InChI is InChI=1S/C25H27ClN2O4S/c1-4-32-22-7-5-6-20(15-22)16-27-25(29)17-28(24-13-10-21(26)14-19(24)3)33(30,31)23-11-8-18(2)9-12-23/h5-15H,4,16-17H2,1-3H3,(H,27,29). The summed E-state index contributed by atoms with van der Waals surface area (Å²) in [5.41, 5.74) is 2.84. The number of carbonyl (C=O) groups is 1. The Balaban J connectivity index is 1.86. The van der Waals surface area contributed by atoms with Crippen LogP contribution in [0.5, 0.6) is 5.75 Å². The molecule has 3 aromatic rings. The molecule has 0 aliphatic carbocycles. The third-order valence-corrected chi connectivity index (χ3v) is 7.03. The maximum Gasteiger partial charge on any atom is 0.264 e. The molecule has 0 aliphatic heterocycles. The van der Waals surface area contributed by atoms with Crippen LogP contribution in [-0.4, -0.2) is 27.5 Å². The molecule has 0 saturated carbocycles. The zero-order valence-corrected chi connectivity index (χ0v) is 20.4. The van der Waals surface area contributed by atoms with Crippen LogP contribution in [0.2, 0.25) is 5.02 Å². The molecule has 0 radical (unpaired) electrons. The van der Waals surface area contributed by atoms with Crippen LogP contribution >= 0.6 is 11.6 Å². The maximum absolute atomic E-state index is 13.5. The second-order valence-corrected chi connectivity index (χ2v) is 9.91. The average molecular weight is 487 g/mol. The van der Waals surface area contributed by atoms with Crippen LogP contribution in [0.4, 0.5) is 5.69 Å². The van der Waals surface area contributed by atoms with Crippen molar-refractivity contribution in [3.8, 4) is 5.75 Å². The first kappa shape index (κ1) is 24.6. The molecule has 0 unspecified atom stereocenters. The fourth-order valence-electron chi connectivity index (χ4n) is 3.33. The second-order valence-electron chi connectivity index (χ2n) is 7.61. The molecule has 33 heavy (non-hydrogen) atoms. The Hall–Kier alpha value is -3.03. The lowest BCUT2D eigenvalue weighted by atomic mass is 10.2. The number of amides is 1. The highest BCUT2D eigenvalue weighted by Gasteiger charge is 2.28. The molecule has 8 heteroatoms. The molecule has 0 aliphatic rings. The molecule has 0 bridgehead atoms. The Labute approximate surface area is 200 Å². The van der Waals surface area contributed by atoms with Gasteiger partial charge in [-0.3, -0.25) is 9.10 Å². The summed E-state index contributed by atoms with van der Waals surface area (Å²) in [5, 5.41) is 3.29. The van der Waals surface area contributed by atoms with Crippen molar-refractivity contribution in [3.63, 3.8) is 0 Å². The lowest BCUT2D eigenvalue weighted by Crippen LogP contribution is -2.41. The highest BCUT2D eigenvalue weighted by molar-refractivity contribution is 7.92. The minimum absolute atomic E-state index is 0.111. The molecule has 0 saturated heterocycles. The van der Waals surface area contributed by atoms with Crippen LogP contribution in [0.3, 0.4) is 0 Å². The predicted molar refractivity (Wildman–Crippen MR) is 131 cm³/mol. The van der Waals surface area contributed by atoms with E-state index in [-0.39, 0.29) is 18.0 Å². The lowest BCUT2D eigenvalue weighted by molar-refractivity contribution is -0.119. The summed E-state index contributed by atoms with van der Waals surface area (Å²) >= 11 is 6.07. The molecular weight excluding hydrogens is 460 g/mol. The van der Waals surface area contributed by atoms with Gasteiger partial charge in [-0.15, -0.1) is 0 Å². The Bertz CT molecular complexity index is 1230. The van der Waals surface area contributed by atoms with Crippen LogP contribution < -0.4 is 14.4 Å². The van der Waals surface area contributed by atoms with Crippen molar-refractivity contribution in [3.05, 3.63) is 88.4 Å². The first-order valence-electron chi connectivity index (χ1n) is 10.5. The van der Waals surface area contributed by atoms with Crippen LogP contribution in [0, 0.1) is 13.8 Å². The minimum atomic E-state index is -3.99. The highest BCUT2D eigenvalue weighted by Crippen LogP contribution is 2.29. The minimum Gasteiger partial charge on any atom is -0.494 e. The van der Waals surface area contributed by atoms with E-state index in [0.29, 0.717) is 28.6 Å². The van der Waals surface area contributed by atoms with Gasteiger partial charge in [-0.05, 0) is 74.4 Å². The van der Waals surface area contributed by atoms with E-state index in [1.54, 1.807) is 49.4 Å². The topological polar surface area (TPSA) is 75.7 Å². The van der Waals surface area contributed by atoms with Gasteiger partial charge in [-0.1, -0.05) is 41.4 Å². The molecule has 174 valence electrons. The number of anilines is 1. The highest BCUT2D eigenvalue weighted by atomic mass is 35.5. The third kappa shape index (κ3) is 6.27. The van der Waals surface area contributed by atoms with Crippen molar-refractivity contribution in [2.45, 2.75) is 32.2 Å². The number of benzene rings is 3. The molecule has 0 spiro atoms. The maximum atomic E-state index is 13.5. The molecule has 6 nitrogen and oxygen atoms in total. The van der Waals surface area contributed by atoms with Gasteiger partial charge in [-0.25, -0.2) is 8.42 Å². The first-order valence-corrected chi connectivity index (χ1v) is 12.4. The number of nitrogens with zero attached hydrogens (tertiary/aromatic N) is 1. The van der Waals surface area contributed by atoms with Crippen molar-refractivity contribution in [2.75, 3.05) is 17.5 Å². The van der Waals surface area contributed by atoms with Gasteiger partial charge >= 0.3 is 0 Å². The van der Waals surface area contributed by atoms with Gasteiger partial charge in [-0.2, -0.15) is 0 Å². The molecule has 1 amide bonds. The summed E-state index contributed by atoms with van der Waals surface area (Å²) in [6.45, 7) is 5.96. The van der Waals surface area contributed by atoms with Crippen molar-refractivity contribution < 1.29 is 17.9 Å². The monoisotopic (exact) mass is 486 g/mol. The van der Waals surface area contributed by atoms with E-state index in [9.17, 15) is 13.2 Å². The Morgan fingerprint density at radius 1 is 1.03 bits per heavy atom. The third-order valence-electron chi connectivity index (χ3n) is 5.02. The smallest absolute Gasteiger partial charge is 0.264 e. The van der Waals surface area contributed by atoms with Gasteiger partial charge in [0, 0.05) is 11.6 Å². The van der Waals surface area contributed by atoms with E-state index in [1.807, 2.05) is 38.1 Å². The van der Waals surface area contributed by atoms with Crippen molar-refractivity contribution in [2.24, 2.45) is 0 Å². The summed E-state index contributed by atoms with van der Waals surface area (Å²) in [5.74, 6) is 0.284. The molecule has 1 N–H and O–H groups in total. The van der Waals surface area contributed by atoms with Crippen molar-refractivity contribution >= 4 is 33.2 Å². The molecule has 3 aromatic carbocycles. The lowest BCUT2D eigenvalue weighted by Gasteiger charge is -2.26. The van der Waals surface area contributed by atoms with Crippen molar-refractivity contribution in [1.82, 2.24) is 5.32 Å². The van der Waals surface area contributed by atoms with Gasteiger partial charge < -0.3 is 10.1 Å². The molecule has 0 aromatic heterocycles. The van der Waals surface area contributed by atoms with Gasteiger partial charge in [0.1, 0.15) is 12.3 Å². The summed E-state index contributed by atoms with van der Waals surface area (Å²) in [6, 6.07) is 18.8. The Kier molecular flexibility index (Phi) is 8.00. The molecule has 0 fully saturated rings. The normalized spacial score (nSPS) is 11.2. The van der Waals surface area contributed by atoms with Gasteiger partial charge in [0.15, 0.2) is 0 Å². The Morgan fingerprint density at radius 2 is 1.76 bits per heavy atom. The summed E-state index contributed by atoms with van der Waals surface area (Å²) in [7, 11) is -3.99. The second kappa shape index (κ2) is 10.7. The van der Waals surface area contributed by atoms with E-state index in [1.165, 1.54) is 0 Å². The van der Waals surface area contributed by atoms with Crippen LogP contribution in [0.15, 0.2) is 71.6 Å². The Morgan fingerprint density at radius 3 is 2.42 bits per heavy atom. The van der Waals surface area contributed by atoms with Gasteiger partial charge in [0.05, 0.1) is 17.2 Å². The number of halogens is 1. The summed E-state index contributed by atoms with van der Waals surface area (Å²) in [6.07, 6.45) is 0. The number of nitrogens with one attached hydrogen (secondary N) is 1. The zero-order chi connectivity index (χ0) is 24.0. The van der Waals surface area contributed by atoms with E-state index in [4.69, 9.17) is 16.3 Å². The van der Waals surface area contributed by atoms with E-state index >= 15 is 0 Å². The number of ether oxygens (including phenoxy) is 1. The quantitative estimate of drug-likeness (QED) is 0.468. The average Bonchev–Trinajstić information content (AvgIpc) is 2.77. The van der Waals surface area contributed by atoms with E-state index in [0.717, 1.165) is 15.4 Å². The summed E-state index contributed by atoms with van der Waals surface area (Å²) in [4.78, 5) is 13.0. The fraction of sp³-hybridized carbons (Fsp3) is 0.240. The van der Waals surface area contributed by atoms with Crippen LogP contribution in [0.25, 0.3) is 0 Å². The summed E-state index contributed by atoms with van der Waals surface area (Å²) < 4.78 is 33.6. The number of aryl methyl sites for hydroxylation is 2. The SMILES string of the molecule is CCOc1cccc(CNC(=O)CN(c2ccc(Cl)cc2C)S(=O)(=O)c2ccc(C)cc2)c1. The molecule has 3 rings (SSSR count). The number of hydrogen-bond acceptors (Lipinski definition) is 4. The first-order chi connectivity index (χ1) is 15.7. The molecular formula is C25H27ClN2O4S. The zero-order valence-electron chi connectivity index (χ0n) is 18.8. The largest absolute Gasteiger partial charge is 0.494 e. The van der Waals surface area contributed by atoms with Gasteiger partial charge in [0.25, 0.3) is 10.0 Å². The van der Waals surface area contributed by atoms with E-state index in [2.05, 4.69) is 5.32 Å². The molecule has 0 atom stereocenters. The number of hydrogen-bond donors (Lipinski definition) is 1. The number of carbonyl (C=O) groups excluding carboxylic acids is 1. The molecule has 0 heterocycles. The van der Waals surface area contributed by atoms with Crippen LogP contribution in [-0.2, 0) is 21.4 Å². The van der Waals surface area contributed by atoms with E-state index < -0.39 is 15.9 Å². The van der Waals surface area contributed by atoms with Crippen molar-refractivity contribution in [1.29, 1.82) is 0 Å².